The number of amides is 1. The van der Waals surface area contributed by atoms with E-state index in [2.05, 4.69) is 5.32 Å². The molecule has 1 saturated heterocycles. The van der Waals surface area contributed by atoms with Crippen LogP contribution in [0.4, 0.5) is 0 Å². The van der Waals surface area contributed by atoms with Crippen molar-refractivity contribution in [1.29, 1.82) is 0 Å². The molecule has 0 aromatic heterocycles. The summed E-state index contributed by atoms with van der Waals surface area (Å²) in [6.45, 7) is 6.28. The van der Waals surface area contributed by atoms with Crippen molar-refractivity contribution in [2.75, 3.05) is 46.2 Å². The molecule has 0 bridgehead atoms. The van der Waals surface area contributed by atoms with Crippen LogP contribution in [-0.4, -0.2) is 101 Å². The Morgan fingerprint density at radius 2 is 1.39 bits per heavy atom. The highest BCUT2D eigenvalue weighted by molar-refractivity contribution is 5.73. The Balaban J connectivity index is 2.95. The Bertz CT molecular complexity index is 646. The fourth-order valence-electron chi connectivity index (χ4n) is 3.06. The molecule has 1 aliphatic heterocycles. The zero-order valence-corrected chi connectivity index (χ0v) is 19.4. The van der Waals surface area contributed by atoms with Gasteiger partial charge in [0.2, 0.25) is 5.91 Å². The van der Waals surface area contributed by atoms with Gasteiger partial charge in [-0.15, -0.1) is 0 Å². The van der Waals surface area contributed by atoms with E-state index in [1.165, 1.54) is 20.8 Å². The predicted octanol–water partition coefficient (Wildman–Crippen LogP) is -1.35. The number of carbonyl (C=O) groups is 4. The number of carbonyl (C=O) groups excluding carboxylic acids is 4. The van der Waals surface area contributed by atoms with Crippen molar-refractivity contribution in [3.8, 4) is 0 Å². The Labute approximate surface area is 192 Å². The maximum Gasteiger partial charge on any atom is 0.303 e. The minimum absolute atomic E-state index is 0.0585. The fourth-order valence-corrected chi connectivity index (χ4v) is 3.06. The zero-order valence-electron chi connectivity index (χ0n) is 19.4. The molecule has 1 aliphatic rings. The molecule has 33 heavy (non-hydrogen) atoms. The number of nitrogens with two attached hydrogens (primary N) is 1. The van der Waals surface area contributed by atoms with Crippen molar-refractivity contribution in [1.82, 2.24) is 5.32 Å². The number of hydrogen-bond donors (Lipinski definition) is 2. The van der Waals surface area contributed by atoms with E-state index in [9.17, 15) is 19.2 Å². The lowest BCUT2D eigenvalue weighted by molar-refractivity contribution is -0.279. The van der Waals surface area contributed by atoms with Gasteiger partial charge in [-0.05, 0) is 0 Å². The van der Waals surface area contributed by atoms with Crippen LogP contribution < -0.4 is 11.1 Å². The van der Waals surface area contributed by atoms with Crippen LogP contribution in [0.2, 0.25) is 0 Å². The summed E-state index contributed by atoms with van der Waals surface area (Å²) in [5.74, 6) is -2.40. The summed E-state index contributed by atoms with van der Waals surface area (Å²) in [5.41, 5.74) is 5.33. The molecule has 0 aromatic rings. The third-order valence-corrected chi connectivity index (χ3v) is 4.22. The van der Waals surface area contributed by atoms with E-state index in [0.717, 1.165) is 6.92 Å². The van der Waals surface area contributed by atoms with E-state index in [4.69, 9.17) is 38.9 Å². The largest absolute Gasteiger partial charge is 0.463 e. The molecule has 1 rings (SSSR count). The Kier molecular flexibility index (Phi) is 13.5. The minimum atomic E-state index is -1.17. The van der Waals surface area contributed by atoms with Crippen LogP contribution in [0, 0.1) is 0 Å². The highest BCUT2D eigenvalue weighted by atomic mass is 16.7. The van der Waals surface area contributed by atoms with E-state index >= 15 is 0 Å². The molecule has 0 unspecified atom stereocenters. The van der Waals surface area contributed by atoms with E-state index < -0.39 is 54.5 Å². The molecular weight excluding hydrogens is 444 g/mol. The molecule has 0 spiro atoms. The molecule has 13 nitrogen and oxygen atoms in total. The summed E-state index contributed by atoms with van der Waals surface area (Å²) in [7, 11) is 0. The van der Waals surface area contributed by atoms with Gasteiger partial charge in [-0.3, -0.25) is 19.2 Å². The molecule has 1 amide bonds. The van der Waals surface area contributed by atoms with E-state index in [1.807, 2.05) is 0 Å². The number of ether oxygens (including phenoxy) is 7. The summed E-state index contributed by atoms with van der Waals surface area (Å²) in [4.78, 5) is 46.6. The highest BCUT2D eigenvalue weighted by Gasteiger charge is 2.51. The standard InChI is InChI=1S/C20H34N2O11/c1-12(23)22-17-19(32-15(4)26)18(31-14(3)25)16(11-30-13(2)24)33-20(17)29-10-9-28-8-7-27-6-5-21/h16-20H,5-11,21H2,1-4H3,(H,22,23)/t16-,17-,18+,19-,20-/m1/s1. The van der Waals surface area contributed by atoms with Crippen LogP contribution in [-0.2, 0) is 52.3 Å². The summed E-state index contributed by atoms with van der Waals surface area (Å²) >= 11 is 0. The van der Waals surface area contributed by atoms with E-state index in [1.54, 1.807) is 0 Å². The van der Waals surface area contributed by atoms with Crippen LogP contribution in [0.25, 0.3) is 0 Å². The first-order valence-electron chi connectivity index (χ1n) is 10.5. The molecule has 0 aromatic carbocycles. The number of nitrogens with one attached hydrogen (secondary N) is 1. The van der Waals surface area contributed by atoms with Gasteiger partial charge in [0.15, 0.2) is 18.5 Å². The molecule has 13 heteroatoms. The predicted molar refractivity (Wildman–Crippen MR) is 111 cm³/mol. The summed E-state index contributed by atoms with van der Waals surface area (Å²) in [6.07, 6.45) is -4.48. The van der Waals surface area contributed by atoms with Gasteiger partial charge < -0.3 is 44.2 Å². The Morgan fingerprint density at radius 3 is 1.94 bits per heavy atom. The molecule has 190 valence electrons. The molecule has 0 saturated carbocycles. The van der Waals surface area contributed by atoms with Gasteiger partial charge in [-0.2, -0.15) is 0 Å². The second kappa shape index (κ2) is 15.5. The van der Waals surface area contributed by atoms with Gasteiger partial charge >= 0.3 is 17.9 Å². The molecule has 0 aliphatic carbocycles. The number of esters is 3. The lowest BCUT2D eigenvalue weighted by Crippen LogP contribution is -2.66. The first kappa shape index (κ1) is 28.7. The van der Waals surface area contributed by atoms with Gasteiger partial charge in [0.05, 0.1) is 33.0 Å². The SMILES string of the molecule is CC(=O)N[C@H]1[C@H](OCCOCCOCCN)O[C@H](COC(C)=O)[C@H](OC(C)=O)[C@@H]1OC(C)=O. The van der Waals surface area contributed by atoms with Gasteiger partial charge in [-0.1, -0.05) is 0 Å². The first-order chi connectivity index (χ1) is 15.6. The van der Waals surface area contributed by atoms with Crippen molar-refractivity contribution in [2.45, 2.75) is 58.3 Å². The Hall–Kier alpha value is -2.32. The van der Waals surface area contributed by atoms with Crippen LogP contribution in [0.5, 0.6) is 0 Å². The van der Waals surface area contributed by atoms with Gasteiger partial charge in [0, 0.05) is 34.2 Å². The van der Waals surface area contributed by atoms with Crippen LogP contribution in [0.1, 0.15) is 27.7 Å². The average Bonchev–Trinajstić information content (AvgIpc) is 2.71. The summed E-state index contributed by atoms with van der Waals surface area (Å²) < 4.78 is 37.9. The number of hydrogen-bond acceptors (Lipinski definition) is 12. The van der Waals surface area contributed by atoms with Crippen LogP contribution >= 0.6 is 0 Å². The lowest BCUT2D eigenvalue weighted by atomic mass is 9.96. The van der Waals surface area contributed by atoms with Crippen molar-refractivity contribution in [3.63, 3.8) is 0 Å². The van der Waals surface area contributed by atoms with Crippen molar-refractivity contribution in [3.05, 3.63) is 0 Å². The summed E-state index contributed by atoms with van der Waals surface area (Å²) in [6, 6.07) is -1.02. The van der Waals surface area contributed by atoms with E-state index in [0.29, 0.717) is 26.4 Å². The lowest BCUT2D eigenvalue weighted by Gasteiger charge is -2.44. The average molecular weight is 478 g/mol. The maximum atomic E-state index is 11.8. The third kappa shape index (κ3) is 11.4. The minimum Gasteiger partial charge on any atom is -0.463 e. The monoisotopic (exact) mass is 478 g/mol. The van der Waals surface area contributed by atoms with Crippen molar-refractivity contribution < 1.29 is 52.3 Å². The highest BCUT2D eigenvalue weighted by Crippen LogP contribution is 2.28. The van der Waals surface area contributed by atoms with Gasteiger partial charge in [0.25, 0.3) is 0 Å². The van der Waals surface area contributed by atoms with E-state index in [-0.39, 0.29) is 19.8 Å². The van der Waals surface area contributed by atoms with Crippen molar-refractivity contribution >= 4 is 23.8 Å². The molecule has 1 fully saturated rings. The van der Waals surface area contributed by atoms with Crippen LogP contribution in [0.15, 0.2) is 0 Å². The molecule has 5 atom stereocenters. The topological polar surface area (TPSA) is 171 Å². The third-order valence-electron chi connectivity index (χ3n) is 4.22. The van der Waals surface area contributed by atoms with Gasteiger partial charge in [-0.25, -0.2) is 0 Å². The number of rotatable bonds is 14. The quantitative estimate of drug-likeness (QED) is 0.171. The molecule has 3 N–H and O–H groups in total. The molecular formula is C20H34N2O11. The summed E-state index contributed by atoms with van der Waals surface area (Å²) in [5, 5.41) is 2.61. The second-order valence-corrected chi connectivity index (χ2v) is 7.10. The smallest absolute Gasteiger partial charge is 0.303 e. The van der Waals surface area contributed by atoms with Crippen molar-refractivity contribution in [2.24, 2.45) is 5.73 Å². The Morgan fingerprint density at radius 1 is 0.818 bits per heavy atom. The van der Waals surface area contributed by atoms with Crippen LogP contribution in [0.3, 0.4) is 0 Å². The normalized spacial score (nSPS) is 24.6. The zero-order chi connectivity index (χ0) is 24.8. The first-order valence-corrected chi connectivity index (χ1v) is 10.5. The molecule has 0 radical (unpaired) electrons. The molecule has 1 heterocycles. The second-order valence-electron chi connectivity index (χ2n) is 7.10. The fraction of sp³-hybridized carbons (Fsp3) is 0.800. The van der Waals surface area contributed by atoms with Gasteiger partial charge in [0.1, 0.15) is 18.8 Å². The maximum absolute atomic E-state index is 11.8.